The molecule has 3 rings (SSSR count). The molecule has 1 aliphatic rings. The van der Waals surface area contributed by atoms with Crippen molar-refractivity contribution in [1.29, 1.82) is 0 Å². The summed E-state index contributed by atoms with van der Waals surface area (Å²) in [5.74, 6) is -2.22. The van der Waals surface area contributed by atoms with E-state index in [9.17, 15) is 19.2 Å². The molecule has 0 saturated heterocycles. The van der Waals surface area contributed by atoms with Crippen LogP contribution in [0.3, 0.4) is 0 Å². The van der Waals surface area contributed by atoms with Gasteiger partial charge in [-0.25, -0.2) is 0 Å². The Morgan fingerprint density at radius 1 is 1.00 bits per heavy atom. The number of nitrogens with zero attached hydrogens (tertiary/aromatic N) is 1. The number of anilines is 1. The minimum atomic E-state index is -1.13. The van der Waals surface area contributed by atoms with Crippen LogP contribution in [0.4, 0.5) is 5.69 Å². The number of imide groups is 1. The molecule has 2 atom stereocenters. The van der Waals surface area contributed by atoms with E-state index in [2.05, 4.69) is 10.6 Å². The molecule has 0 bridgehead atoms. The van der Waals surface area contributed by atoms with E-state index in [0.717, 1.165) is 11.3 Å². The molecule has 0 spiro atoms. The van der Waals surface area contributed by atoms with E-state index in [-0.39, 0.29) is 44.4 Å². The molecule has 9 heteroatoms. The van der Waals surface area contributed by atoms with Gasteiger partial charge in [-0.15, -0.1) is 0 Å². The Morgan fingerprint density at radius 3 is 2.10 bits per heavy atom. The summed E-state index contributed by atoms with van der Waals surface area (Å²) in [5.41, 5.74) is 0.742. The van der Waals surface area contributed by atoms with E-state index >= 15 is 0 Å². The zero-order valence-corrected chi connectivity index (χ0v) is 18.7. The van der Waals surface area contributed by atoms with Crippen LogP contribution in [0, 0.1) is 0 Å². The van der Waals surface area contributed by atoms with Gasteiger partial charge in [0.25, 0.3) is 17.7 Å². The van der Waals surface area contributed by atoms with E-state index < -0.39 is 23.8 Å². The normalized spacial score (nSPS) is 14.8. The molecule has 7 nitrogen and oxygen atoms in total. The predicted molar refractivity (Wildman–Crippen MR) is 119 cm³/mol. The topological polar surface area (TPSA) is 95.6 Å². The van der Waals surface area contributed by atoms with Crippen molar-refractivity contribution in [2.75, 3.05) is 5.32 Å². The highest BCUT2D eigenvalue weighted by atomic mass is 35.5. The van der Waals surface area contributed by atoms with Gasteiger partial charge in [-0.1, -0.05) is 42.3 Å². The van der Waals surface area contributed by atoms with Crippen molar-refractivity contribution in [3.63, 3.8) is 0 Å². The predicted octanol–water partition coefficient (Wildman–Crippen LogP) is 4.14. The molecular formula is C22H21Cl2N3O4. The molecule has 1 unspecified atom stereocenters. The summed E-state index contributed by atoms with van der Waals surface area (Å²) in [5, 5.41) is 5.78. The molecule has 2 N–H and O–H groups in total. The van der Waals surface area contributed by atoms with E-state index in [1.807, 2.05) is 13.8 Å². The van der Waals surface area contributed by atoms with Gasteiger partial charge in [-0.3, -0.25) is 24.1 Å². The van der Waals surface area contributed by atoms with Crippen LogP contribution in [0.1, 0.15) is 58.3 Å². The fourth-order valence-corrected chi connectivity index (χ4v) is 3.48. The Morgan fingerprint density at radius 2 is 1.55 bits per heavy atom. The lowest BCUT2D eigenvalue weighted by Crippen LogP contribution is -2.45. The average Bonchev–Trinajstić information content (AvgIpc) is 2.97. The first-order valence-corrected chi connectivity index (χ1v) is 10.5. The zero-order chi connectivity index (χ0) is 22.9. The monoisotopic (exact) mass is 461 g/mol. The van der Waals surface area contributed by atoms with Crippen molar-refractivity contribution < 1.29 is 19.2 Å². The molecule has 0 aromatic heterocycles. The molecular weight excluding hydrogens is 441 g/mol. The largest absolute Gasteiger partial charge is 0.350 e. The molecule has 0 aliphatic carbocycles. The van der Waals surface area contributed by atoms with Crippen molar-refractivity contribution in [2.45, 2.75) is 39.3 Å². The van der Waals surface area contributed by atoms with Crippen LogP contribution in [0.2, 0.25) is 10.0 Å². The number of halogens is 2. The standard InChI is InChI=1S/C22H21Cl2N3O4/c1-4-11(2)25-20(29)13-7-5-6-8-18(13)26-19(28)12(3)27-21(30)14-9-16(23)17(24)10-15(14)22(27)31/h5-12H,4H2,1-3H3,(H,25,29)(H,26,28)/t11?,12-/m0/s1. The fraction of sp³-hybridized carbons (Fsp3) is 0.273. The van der Waals surface area contributed by atoms with Gasteiger partial charge in [0.2, 0.25) is 5.91 Å². The Labute approximate surface area is 189 Å². The average molecular weight is 462 g/mol. The second-order valence-electron chi connectivity index (χ2n) is 7.29. The van der Waals surface area contributed by atoms with E-state index in [1.165, 1.54) is 19.1 Å². The maximum absolute atomic E-state index is 12.9. The molecule has 1 heterocycles. The second kappa shape index (κ2) is 9.08. The number of hydrogen-bond acceptors (Lipinski definition) is 4. The van der Waals surface area contributed by atoms with Crippen LogP contribution >= 0.6 is 23.2 Å². The molecule has 31 heavy (non-hydrogen) atoms. The van der Waals surface area contributed by atoms with Crippen molar-refractivity contribution in [3.05, 3.63) is 63.1 Å². The SMILES string of the molecule is CCC(C)NC(=O)c1ccccc1NC(=O)[C@H](C)N1C(=O)c2cc(Cl)c(Cl)cc2C1=O. The van der Waals surface area contributed by atoms with Gasteiger partial charge in [0.1, 0.15) is 6.04 Å². The highest BCUT2D eigenvalue weighted by Crippen LogP contribution is 2.32. The lowest BCUT2D eigenvalue weighted by Gasteiger charge is -2.22. The third-order valence-electron chi connectivity index (χ3n) is 5.15. The van der Waals surface area contributed by atoms with Crippen LogP contribution in [-0.2, 0) is 4.79 Å². The van der Waals surface area contributed by atoms with Crippen LogP contribution in [-0.4, -0.2) is 40.6 Å². The Kier molecular flexibility index (Phi) is 6.67. The third-order valence-corrected chi connectivity index (χ3v) is 5.87. The molecule has 1 aliphatic heterocycles. The summed E-state index contributed by atoms with van der Waals surface area (Å²) < 4.78 is 0. The number of para-hydroxylation sites is 1. The smallest absolute Gasteiger partial charge is 0.262 e. The summed E-state index contributed by atoms with van der Waals surface area (Å²) in [4.78, 5) is 51.8. The van der Waals surface area contributed by atoms with Gasteiger partial charge in [0, 0.05) is 6.04 Å². The van der Waals surface area contributed by atoms with Gasteiger partial charge in [-0.2, -0.15) is 0 Å². The van der Waals surface area contributed by atoms with Gasteiger partial charge in [0.05, 0.1) is 32.4 Å². The number of carbonyl (C=O) groups excluding carboxylic acids is 4. The van der Waals surface area contributed by atoms with Crippen LogP contribution in [0.15, 0.2) is 36.4 Å². The lowest BCUT2D eigenvalue weighted by molar-refractivity contribution is -0.119. The van der Waals surface area contributed by atoms with Crippen LogP contribution in [0.5, 0.6) is 0 Å². The first-order valence-electron chi connectivity index (χ1n) is 9.73. The number of hydrogen-bond donors (Lipinski definition) is 2. The summed E-state index contributed by atoms with van der Waals surface area (Å²) >= 11 is 11.9. The number of fused-ring (bicyclic) bond motifs is 1. The molecule has 2 aromatic rings. The van der Waals surface area contributed by atoms with Gasteiger partial charge in [0.15, 0.2) is 0 Å². The third kappa shape index (κ3) is 4.43. The van der Waals surface area contributed by atoms with Crippen molar-refractivity contribution in [3.8, 4) is 0 Å². The van der Waals surface area contributed by atoms with E-state index in [0.29, 0.717) is 0 Å². The first-order chi connectivity index (χ1) is 14.6. The summed E-state index contributed by atoms with van der Waals surface area (Å²) in [6.07, 6.45) is 0.755. The maximum atomic E-state index is 12.9. The quantitative estimate of drug-likeness (QED) is 0.631. The first kappa shape index (κ1) is 22.8. The maximum Gasteiger partial charge on any atom is 0.262 e. The molecule has 162 valence electrons. The van der Waals surface area contributed by atoms with Crippen molar-refractivity contribution in [2.24, 2.45) is 0 Å². The number of nitrogens with one attached hydrogen (secondary N) is 2. The number of rotatable bonds is 6. The summed E-state index contributed by atoms with van der Waals surface area (Å²) in [6.45, 7) is 5.26. The molecule has 0 radical (unpaired) electrons. The molecule has 4 amide bonds. The number of amides is 4. The highest BCUT2D eigenvalue weighted by Gasteiger charge is 2.41. The summed E-state index contributed by atoms with van der Waals surface area (Å²) in [7, 11) is 0. The Balaban J connectivity index is 1.82. The Hall–Kier alpha value is -2.90. The van der Waals surface area contributed by atoms with Crippen LogP contribution < -0.4 is 10.6 Å². The fourth-order valence-electron chi connectivity index (χ4n) is 3.15. The van der Waals surface area contributed by atoms with Gasteiger partial charge >= 0.3 is 0 Å². The minimum Gasteiger partial charge on any atom is -0.350 e. The van der Waals surface area contributed by atoms with Crippen molar-refractivity contribution in [1.82, 2.24) is 10.2 Å². The summed E-state index contributed by atoms with van der Waals surface area (Å²) in [6, 6.07) is 8.00. The van der Waals surface area contributed by atoms with Gasteiger partial charge < -0.3 is 10.6 Å². The minimum absolute atomic E-state index is 0.0350. The number of carbonyl (C=O) groups is 4. The van der Waals surface area contributed by atoms with Gasteiger partial charge in [-0.05, 0) is 44.5 Å². The second-order valence-corrected chi connectivity index (χ2v) is 8.10. The van der Waals surface area contributed by atoms with Crippen LogP contribution in [0.25, 0.3) is 0 Å². The molecule has 0 saturated carbocycles. The zero-order valence-electron chi connectivity index (χ0n) is 17.2. The van der Waals surface area contributed by atoms with E-state index in [4.69, 9.17) is 23.2 Å². The van der Waals surface area contributed by atoms with E-state index in [1.54, 1.807) is 24.3 Å². The number of benzene rings is 2. The highest BCUT2D eigenvalue weighted by molar-refractivity contribution is 6.43. The Bertz CT molecular complexity index is 1050. The molecule has 2 aromatic carbocycles. The molecule has 0 fully saturated rings. The lowest BCUT2D eigenvalue weighted by atomic mass is 10.1. The van der Waals surface area contributed by atoms with Crippen molar-refractivity contribution >= 4 is 52.5 Å².